The molecule has 3 aromatic rings. The number of aryl methyl sites for hydroxylation is 1. The molecule has 0 atom stereocenters. The van der Waals surface area contributed by atoms with Crippen molar-refractivity contribution >= 4 is 5.91 Å². The minimum absolute atomic E-state index is 0.0173. The van der Waals surface area contributed by atoms with Crippen molar-refractivity contribution in [2.75, 3.05) is 0 Å². The van der Waals surface area contributed by atoms with Crippen LogP contribution >= 0.6 is 0 Å². The first-order valence-electron chi connectivity index (χ1n) is 8.53. The fraction of sp³-hybridized carbons (Fsp3) is 0.200. The number of nitrogens with one attached hydrogen (secondary N) is 1. The highest BCUT2D eigenvalue weighted by molar-refractivity contribution is 5.95. The molecule has 0 aliphatic heterocycles. The minimum atomic E-state index is -0.788. The van der Waals surface area contributed by atoms with Gasteiger partial charge in [-0.15, -0.1) is 0 Å². The topological polar surface area (TPSA) is 56.2 Å². The number of benzene rings is 2. The summed E-state index contributed by atoms with van der Waals surface area (Å²) in [6, 6.07) is 11.8. The van der Waals surface area contributed by atoms with Crippen LogP contribution < -0.4 is 10.1 Å². The normalized spacial score (nSPS) is 10.6. The predicted molar refractivity (Wildman–Crippen MR) is 96.2 cm³/mol. The highest BCUT2D eigenvalue weighted by Crippen LogP contribution is 2.20. The van der Waals surface area contributed by atoms with Crippen LogP contribution in [0.3, 0.4) is 0 Å². The van der Waals surface area contributed by atoms with Gasteiger partial charge in [-0.25, -0.2) is 8.78 Å². The van der Waals surface area contributed by atoms with Crippen LogP contribution in [-0.2, 0) is 19.7 Å². The molecule has 7 heteroatoms. The van der Waals surface area contributed by atoms with Gasteiger partial charge in [0.15, 0.2) is 11.6 Å². The van der Waals surface area contributed by atoms with Gasteiger partial charge in [0.2, 0.25) is 0 Å². The van der Waals surface area contributed by atoms with E-state index in [1.165, 1.54) is 6.07 Å². The zero-order valence-electron chi connectivity index (χ0n) is 14.8. The summed E-state index contributed by atoms with van der Waals surface area (Å²) < 4.78 is 33.9. The van der Waals surface area contributed by atoms with E-state index >= 15 is 0 Å². The number of rotatable bonds is 7. The molecule has 0 spiro atoms. The first kappa shape index (κ1) is 18.6. The monoisotopic (exact) mass is 371 g/mol. The standard InChI is InChI=1S/C20H19F2N3O2/c1-2-25-10-9-16(24-25)12-23-20(26)17-6-4-3-5-14(17)13-27-19-8-7-15(21)11-18(19)22/h3-11H,2,12-13H2,1H3,(H,23,26). The van der Waals surface area contributed by atoms with Crippen LogP contribution in [0.2, 0.25) is 0 Å². The van der Waals surface area contributed by atoms with E-state index in [2.05, 4.69) is 10.4 Å². The fourth-order valence-electron chi connectivity index (χ4n) is 2.56. The largest absolute Gasteiger partial charge is 0.486 e. The van der Waals surface area contributed by atoms with Gasteiger partial charge in [0.05, 0.1) is 12.2 Å². The molecule has 27 heavy (non-hydrogen) atoms. The van der Waals surface area contributed by atoms with Gasteiger partial charge in [-0.3, -0.25) is 9.48 Å². The maximum Gasteiger partial charge on any atom is 0.252 e. The summed E-state index contributed by atoms with van der Waals surface area (Å²) in [5.41, 5.74) is 1.78. The Balaban J connectivity index is 1.66. The van der Waals surface area contributed by atoms with Gasteiger partial charge in [0.1, 0.15) is 12.4 Å². The highest BCUT2D eigenvalue weighted by atomic mass is 19.1. The van der Waals surface area contributed by atoms with Crippen molar-refractivity contribution < 1.29 is 18.3 Å². The van der Waals surface area contributed by atoms with E-state index in [0.717, 1.165) is 24.4 Å². The Kier molecular flexibility index (Phi) is 5.80. The van der Waals surface area contributed by atoms with Crippen molar-refractivity contribution in [3.05, 3.63) is 83.2 Å². The number of ether oxygens (including phenoxy) is 1. The molecule has 0 aliphatic rings. The quantitative estimate of drug-likeness (QED) is 0.689. The van der Waals surface area contributed by atoms with Crippen LogP contribution in [0.4, 0.5) is 8.78 Å². The fourth-order valence-corrected chi connectivity index (χ4v) is 2.56. The molecule has 1 N–H and O–H groups in total. The molecular formula is C20H19F2N3O2. The lowest BCUT2D eigenvalue weighted by Gasteiger charge is -2.11. The van der Waals surface area contributed by atoms with Crippen molar-refractivity contribution in [1.29, 1.82) is 0 Å². The SMILES string of the molecule is CCn1ccc(CNC(=O)c2ccccc2COc2ccc(F)cc2F)n1. The first-order valence-corrected chi connectivity index (χ1v) is 8.53. The maximum absolute atomic E-state index is 13.7. The summed E-state index contributed by atoms with van der Waals surface area (Å²) in [4.78, 5) is 12.5. The molecule has 1 aromatic heterocycles. The second-order valence-corrected chi connectivity index (χ2v) is 5.87. The number of hydrogen-bond acceptors (Lipinski definition) is 3. The van der Waals surface area contributed by atoms with E-state index in [1.807, 2.05) is 19.2 Å². The molecular weight excluding hydrogens is 352 g/mol. The minimum Gasteiger partial charge on any atom is -0.486 e. The zero-order valence-corrected chi connectivity index (χ0v) is 14.8. The Labute approximate surface area is 155 Å². The van der Waals surface area contributed by atoms with Gasteiger partial charge in [-0.1, -0.05) is 18.2 Å². The third-order valence-corrected chi connectivity index (χ3v) is 3.99. The number of nitrogens with zero attached hydrogens (tertiary/aromatic N) is 2. The van der Waals surface area contributed by atoms with Crippen LogP contribution in [-0.4, -0.2) is 15.7 Å². The second-order valence-electron chi connectivity index (χ2n) is 5.87. The molecule has 0 radical (unpaired) electrons. The number of aromatic nitrogens is 2. The summed E-state index contributed by atoms with van der Waals surface area (Å²) in [5, 5.41) is 7.13. The summed E-state index contributed by atoms with van der Waals surface area (Å²) in [7, 11) is 0. The lowest BCUT2D eigenvalue weighted by molar-refractivity contribution is 0.0947. The van der Waals surface area contributed by atoms with E-state index in [0.29, 0.717) is 17.7 Å². The summed E-state index contributed by atoms with van der Waals surface area (Å²) in [6.45, 7) is 3.02. The smallest absolute Gasteiger partial charge is 0.252 e. The highest BCUT2D eigenvalue weighted by Gasteiger charge is 2.13. The summed E-state index contributed by atoms with van der Waals surface area (Å²) in [6.07, 6.45) is 1.85. The molecule has 0 saturated heterocycles. The predicted octanol–water partition coefficient (Wildman–Crippen LogP) is 3.69. The summed E-state index contributed by atoms with van der Waals surface area (Å²) >= 11 is 0. The molecule has 3 rings (SSSR count). The lowest BCUT2D eigenvalue weighted by Crippen LogP contribution is -2.24. The lowest BCUT2D eigenvalue weighted by atomic mass is 10.1. The van der Waals surface area contributed by atoms with E-state index < -0.39 is 11.6 Å². The Hall–Kier alpha value is -3.22. The van der Waals surface area contributed by atoms with E-state index in [1.54, 1.807) is 28.9 Å². The molecule has 0 unspecified atom stereocenters. The van der Waals surface area contributed by atoms with Crippen molar-refractivity contribution in [1.82, 2.24) is 15.1 Å². The van der Waals surface area contributed by atoms with Gasteiger partial charge in [-0.2, -0.15) is 5.10 Å². The first-order chi connectivity index (χ1) is 13.1. The van der Waals surface area contributed by atoms with Crippen LogP contribution in [0.25, 0.3) is 0 Å². The van der Waals surface area contributed by atoms with Crippen molar-refractivity contribution in [2.45, 2.75) is 26.6 Å². The van der Waals surface area contributed by atoms with Crippen LogP contribution in [0.5, 0.6) is 5.75 Å². The number of carbonyl (C=O) groups excluding carboxylic acids is 1. The average Bonchev–Trinajstić information content (AvgIpc) is 3.14. The molecule has 0 aliphatic carbocycles. The second kappa shape index (κ2) is 8.44. The Bertz CT molecular complexity index is 940. The van der Waals surface area contributed by atoms with Crippen molar-refractivity contribution in [3.8, 4) is 5.75 Å². The summed E-state index contributed by atoms with van der Waals surface area (Å²) in [5.74, 6) is -1.81. The van der Waals surface area contributed by atoms with E-state index in [9.17, 15) is 13.6 Å². The van der Waals surface area contributed by atoms with Crippen LogP contribution in [0, 0.1) is 11.6 Å². The average molecular weight is 371 g/mol. The number of amides is 1. The number of carbonyl (C=O) groups is 1. The number of hydrogen-bond donors (Lipinski definition) is 1. The van der Waals surface area contributed by atoms with Gasteiger partial charge < -0.3 is 10.1 Å². The van der Waals surface area contributed by atoms with Crippen molar-refractivity contribution in [3.63, 3.8) is 0 Å². The van der Waals surface area contributed by atoms with Gasteiger partial charge in [-0.05, 0) is 31.2 Å². The molecule has 1 heterocycles. The molecule has 2 aromatic carbocycles. The van der Waals surface area contributed by atoms with Crippen molar-refractivity contribution in [2.24, 2.45) is 0 Å². The third-order valence-electron chi connectivity index (χ3n) is 3.99. The third kappa shape index (κ3) is 4.69. The zero-order chi connectivity index (χ0) is 19.2. The Morgan fingerprint density at radius 2 is 2.00 bits per heavy atom. The molecule has 1 amide bonds. The maximum atomic E-state index is 13.7. The van der Waals surface area contributed by atoms with Gasteiger partial charge in [0, 0.05) is 29.9 Å². The van der Waals surface area contributed by atoms with Gasteiger partial charge >= 0.3 is 0 Å². The Morgan fingerprint density at radius 3 is 2.74 bits per heavy atom. The molecule has 0 fully saturated rings. The van der Waals surface area contributed by atoms with Crippen LogP contribution in [0.1, 0.15) is 28.5 Å². The van der Waals surface area contributed by atoms with E-state index in [-0.39, 0.29) is 18.3 Å². The van der Waals surface area contributed by atoms with Crippen LogP contribution in [0.15, 0.2) is 54.7 Å². The molecule has 5 nitrogen and oxygen atoms in total. The molecule has 0 saturated carbocycles. The van der Waals surface area contributed by atoms with E-state index in [4.69, 9.17) is 4.74 Å². The Morgan fingerprint density at radius 1 is 1.19 bits per heavy atom. The molecule has 140 valence electrons. The molecule has 0 bridgehead atoms. The van der Waals surface area contributed by atoms with Gasteiger partial charge in [0.25, 0.3) is 5.91 Å². The number of halogens is 2.